The second-order valence-corrected chi connectivity index (χ2v) is 12.7. The minimum atomic E-state index is -5.87. The van der Waals surface area contributed by atoms with E-state index in [-0.39, 0.29) is 17.8 Å². The molecule has 226 valence electrons. The number of rotatable bonds is 6. The maximum Gasteiger partial charge on any atom is 0.434 e. The fourth-order valence-corrected chi connectivity index (χ4v) is 6.48. The Labute approximate surface area is 231 Å². The number of aliphatic imine (C=N–C) groups is 1. The monoisotopic (exact) mass is 612 g/mol. The van der Waals surface area contributed by atoms with Gasteiger partial charge in [-0.3, -0.25) is 18.9 Å². The topological polar surface area (TPSA) is 114 Å². The molecule has 0 aromatic heterocycles. The highest BCUT2D eigenvalue weighted by atomic mass is 32.3. The zero-order valence-electron chi connectivity index (χ0n) is 21.8. The van der Waals surface area contributed by atoms with E-state index in [1.165, 1.54) is 0 Å². The number of fused-ring (bicyclic) bond motifs is 1. The van der Waals surface area contributed by atoms with Gasteiger partial charge in [-0.25, -0.2) is 4.39 Å². The zero-order chi connectivity index (χ0) is 30.5. The lowest BCUT2D eigenvalue weighted by Gasteiger charge is -2.39. The van der Waals surface area contributed by atoms with Crippen LogP contribution in [0.5, 0.6) is 5.75 Å². The van der Waals surface area contributed by atoms with Crippen LogP contribution in [0, 0.1) is 11.7 Å². The molecule has 41 heavy (non-hydrogen) atoms. The lowest BCUT2D eigenvalue weighted by Crippen LogP contribution is -2.46. The number of benzene rings is 2. The average molecular weight is 613 g/mol. The van der Waals surface area contributed by atoms with Gasteiger partial charge in [-0.05, 0) is 54.7 Å². The van der Waals surface area contributed by atoms with Gasteiger partial charge in [0.15, 0.2) is 5.78 Å². The van der Waals surface area contributed by atoms with E-state index in [0.29, 0.717) is 12.7 Å². The van der Waals surface area contributed by atoms with E-state index in [0.717, 1.165) is 22.8 Å². The normalized spacial score (nSPS) is 22.2. The van der Waals surface area contributed by atoms with Crippen LogP contribution >= 0.6 is 10.6 Å². The van der Waals surface area contributed by atoms with Gasteiger partial charge in [-0.1, -0.05) is 18.2 Å². The van der Waals surface area contributed by atoms with Crippen LogP contribution in [0.2, 0.25) is 0 Å². The number of Topliss-reactive ketones (excluding diaryl/α,β-unsaturated/α-hetero) is 1. The van der Waals surface area contributed by atoms with Crippen molar-refractivity contribution in [3.8, 4) is 5.75 Å². The minimum absolute atomic E-state index is 0.0252. The summed E-state index contributed by atoms with van der Waals surface area (Å²) in [5.74, 6) is -5.27. The summed E-state index contributed by atoms with van der Waals surface area (Å²) >= 11 is 0. The first-order chi connectivity index (χ1) is 18.8. The third-order valence-electron chi connectivity index (χ3n) is 6.83. The standard InChI is InChI=1S/C26H27F7N2O5S/c1-24(2)17-6-13(3-4-15(17)10-39-24)9-35-19-12-41(37,38)11-16(22(19)36)5-14-7-18(27)21(34)20(8-14)40-23(25(28,29)30)26(31,32)33/h3-4,6-8,16,23,37-38H,5,9-12,34H2,1-2H3/t16-/m1/s1. The van der Waals surface area contributed by atoms with Crippen LogP contribution in [-0.4, -0.2) is 50.6 Å². The van der Waals surface area contributed by atoms with Gasteiger partial charge in [0.1, 0.15) is 17.3 Å². The maximum absolute atomic E-state index is 14.4. The van der Waals surface area contributed by atoms with Crippen molar-refractivity contribution >= 4 is 27.8 Å². The number of hydrogen-bond donors (Lipinski definition) is 3. The molecule has 4 N–H and O–H groups in total. The summed E-state index contributed by atoms with van der Waals surface area (Å²) in [5.41, 5.74) is 6.07. The Hall–Kier alpha value is -2.88. The zero-order valence-corrected chi connectivity index (χ0v) is 22.6. The Morgan fingerprint density at radius 3 is 2.41 bits per heavy atom. The summed E-state index contributed by atoms with van der Waals surface area (Å²) in [5, 5.41) is 0. The number of hydrogen-bond acceptors (Lipinski definition) is 7. The van der Waals surface area contributed by atoms with E-state index in [9.17, 15) is 44.6 Å². The van der Waals surface area contributed by atoms with Crippen molar-refractivity contribution in [3.05, 3.63) is 58.4 Å². The van der Waals surface area contributed by atoms with E-state index in [4.69, 9.17) is 10.5 Å². The van der Waals surface area contributed by atoms with Gasteiger partial charge in [0, 0.05) is 11.7 Å². The van der Waals surface area contributed by atoms with Crippen LogP contribution in [0.3, 0.4) is 0 Å². The van der Waals surface area contributed by atoms with Gasteiger partial charge in [-0.2, -0.15) is 36.9 Å². The smallest absolute Gasteiger partial charge is 0.434 e. The summed E-state index contributed by atoms with van der Waals surface area (Å²) in [7, 11) is -3.37. The van der Waals surface area contributed by atoms with Gasteiger partial charge < -0.3 is 15.2 Å². The third kappa shape index (κ3) is 6.96. The molecular weight excluding hydrogens is 585 g/mol. The summed E-state index contributed by atoms with van der Waals surface area (Å²) in [6.07, 6.45) is -16.5. The average Bonchev–Trinajstić information content (AvgIpc) is 3.13. The van der Waals surface area contributed by atoms with Gasteiger partial charge in [0.05, 0.1) is 30.2 Å². The molecule has 1 saturated heterocycles. The van der Waals surface area contributed by atoms with Gasteiger partial charge >= 0.3 is 12.4 Å². The predicted molar refractivity (Wildman–Crippen MR) is 138 cm³/mol. The van der Waals surface area contributed by atoms with Crippen molar-refractivity contribution in [1.29, 1.82) is 0 Å². The second kappa shape index (κ2) is 10.7. The van der Waals surface area contributed by atoms with E-state index < -0.39 is 81.5 Å². The lowest BCUT2D eigenvalue weighted by molar-refractivity contribution is -0.299. The number of nitrogen functional groups attached to an aromatic ring is 1. The molecular formula is C26H27F7N2O5S. The molecule has 2 aliphatic heterocycles. The molecule has 2 aromatic rings. The quantitative estimate of drug-likeness (QED) is 0.265. The first kappa shape index (κ1) is 31.1. The number of carbonyl (C=O) groups excluding carboxylic acids is 1. The highest BCUT2D eigenvalue weighted by Crippen LogP contribution is 2.46. The van der Waals surface area contributed by atoms with Gasteiger partial charge in [-0.15, -0.1) is 0 Å². The van der Waals surface area contributed by atoms with Gasteiger partial charge in [0.2, 0.25) is 0 Å². The number of carbonyl (C=O) groups is 1. The Kier molecular flexibility index (Phi) is 8.14. The molecule has 2 heterocycles. The number of anilines is 1. The number of alkyl halides is 6. The molecule has 0 unspecified atom stereocenters. The van der Waals surface area contributed by atoms with E-state index >= 15 is 0 Å². The minimum Gasteiger partial charge on any atom is -0.469 e. The molecule has 15 heteroatoms. The van der Waals surface area contributed by atoms with Crippen LogP contribution in [0.25, 0.3) is 0 Å². The maximum atomic E-state index is 14.4. The van der Waals surface area contributed by atoms with Crippen molar-refractivity contribution < 1.29 is 54.1 Å². The fourth-order valence-electron chi connectivity index (χ4n) is 4.78. The summed E-state index contributed by atoms with van der Waals surface area (Å²) in [6.45, 7) is 4.28. The first-order valence-electron chi connectivity index (χ1n) is 12.2. The van der Waals surface area contributed by atoms with E-state index in [2.05, 4.69) is 9.73 Å². The van der Waals surface area contributed by atoms with Crippen LogP contribution in [0.4, 0.5) is 36.4 Å². The summed E-state index contributed by atoms with van der Waals surface area (Å²) in [6, 6.07) is 6.95. The molecule has 1 fully saturated rings. The highest BCUT2D eigenvalue weighted by molar-refractivity contribution is 8.25. The predicted octanol–water partition coefficient (Wildman–Crippen LogP) is 6.18. The molecule has 0 amide bonds. The van der Waals surface area contributed by atoms with Crippen LogP contribution in [-0.2, 0) is 34.7 Å². The van der Waals surface area contributed by atoms with Crippen molar-refractivity contribution in [2.45, 2.75) is 57.5 Å². The van der Waals surface area contributed by atoms with Crippen LogP contribution < -0.4 is 10.5 Å². The fraction of sp³-hybridized carbons (Fsp3) is 0.462. The molecule has 0 radical (unpaired) electrons. The van der Waals surface area contributed by atoms with Crippen LogP contribution in [0.15, 0.2) is 35.3 Å². The third-order valence-corrected chi connectivity index (χ3v) is 8.50. The number of ketones is 1. The molecule has 2 aliphatic rings. The summed E-state index contributed by atoms with van der Waals surface area (Å²) < 4.78 is 123. The Morgan fingerprint density at radius 2 is 1.78 bits per heavy atom. The number of nitrogens with two attached hydrogens (primary N) is 1. The lowest BCUT2D eigenvalue weighted by atomic mass is 9.93. The molecule has 4 rings (SSSR count). The van der Waals surface area contributed by atoms with Crippen molar-refractivity contribution in [1.82, 2.24) is 0 Å². The SMILES string of the molecule is CC1(C)OCc2ccc(CN=C3CS(O)(O)C[C@@H](Cc4cc(F)c(N)c(OC(C(F)(F)F)C(F)(F)F)c4)C3=O)cc21. The molecule has 0 aliphatic carbocycles. The summed E-state index contributed by atoms with van der Waals surface area (Å²) in [4.78, 5) is 17.5. The Balaban J connectivity index is 1.57. The number of nitrogens with zero attached hydrogens (tertiary/aromatic N) is 1. The van der Waals surface area contributed by atoms with Crippen molar-refractivity contribution in [2.75, 3.05) is 17.2 Å². The van der Waals surface area contributed by atoms with Crippen LogP contribution in [0.1, 0.15) is 36.1 Å². The molecule has 2 aromatic carbocycles. The Bertz CT molecular complexity index is 1360. The van der Waals surface area contributed by atoms with Crippen molar-refractivity contribution in [2.24, 2.45) is 10.9 Å². The molecule has 0 spiro atoms. The number of halogens is 7. The second-order valence-electron chi connectivity index (χ2n) is 10.5. The first-order valence-corrected chi connectivity index (χ1v) is 14.1. The van der Waals surface area contributed by atoms with E-state index in [1.54, 1.807) is 6.07 Å². The molecule has 7 nitrogen and oxygen atoms in total. The molecule has 0 saturated carbocycles. The largest absolute Gasteiger partial charge is 0.469 e. The Morgan fingerprint density at radius 1 is 1.12 bits per heavy atom. The van der Waals surface area contributed by atoms with Gasteiger partial charge in [0.25, 0.3) is 6.10 Å². The molecule has 1 atom stereocenters. The van der Waals surface area contributed by atoms with E-state index in [1.807, 2.05) is 26.0 Å². The number of ether oxygens (including phenoxy) is 2. The highest BCUT2D eigenvalue weighted by Gasteiger charge is 2.59. The molecule has 0 bridgehead atoms. The van der Waals surface area contributed by atoms with Crippen molar-refractivity contribution in [3.63, 3.8) is 0 Å².